The van der Waals surface area contributed by atoms with Crippen molar-refractivity contribution in [3.63, 3.8) is 0 Å². The van der Waals surface area contributed by atoms with E-state index < -0.39 is 0 Å². The highest BCUT2D eigenvalue weighted by molar-refractivity contribution is 6.16. The molecular formula is C25H44N2O2. The monoisotopic (exact) mass is 404 g/mol. The van der Waals surface area contributed by atoms with E-state index >= 15 is 0 Å². The highest BCUT2D eigenvalue weighted by Gasteiger charge is 2.46. The van der Waals surface area contributed by atoms with Gasteiger partial charge in [0.05, 0.1) is 0 Å². The zero-order valence-electron chi connectivity index (χ0n) is 19.6. The Morgan fingerprint density at radius 1 is 0.966 bits per heavy atom. The van der Waals surface area contributed by atoms with Gasteiger partial charge in [-0.25, -0.2) is 0 Å². The van der Waals surface area contributed by atoms with Gasteiger partial charge in [0.2, 0.25) is 0 Å². The number of carbonyl (C=O) groups is 2. The Labute approximate surface area is 179 Å². The maximum absolute atomic E-state index is 13.0. The fourth-order valence-electron chi connectivity index (χ4n) is 4.87. The number of piperidine rings is 1. The number of nitrogens with zero attached hydrogens (tertiary/aromatic N) is 2. The van der Waals surface area contributed by atoms with Gasteiger partial charge in [-0.15, -0.1) is 0 Å². The number of imide groups is 1. The van der Waals surface area contributed by atoms with Crippen LogP contribution in [0.4, 0.5) is 0 Å². The lowest BCUT2D eigenvalue weighted by atomic mass is 9.76. The number of hydrogen-bond acceptors (Lipinski definition) is 3. The van der Waals surface area contributed by atoms with Crippen LogP contribution in [0.5, 0.6) is 0 Å². The summed E-state index contributed by atoms with van der Waals surface area (Å²) in [6.45, 7) is 9.79. The average molecular weight is 405 g/mol. The molecular weight excluding hydrogens is 360 g/mol. The van der Waals surface area contributed by atoms with Gasteiger partial charge in [0.25, 0.3) is 11.8 Å². The molecule has 0 N–H and O–H groups in total. The van der Waals surface area contributed by atoms with Gasteiger partial charge in [-0.3, -0.25) is 14.5 Å². The summed E-state index contributed by atoms with van der Waals surface area (Å²) in [6, 6.07) is 0.0164. The number of hydrogen-bond donors (Lipinski definition) is 0. The first-order chi connectivity index (χ1) is 13.8. The molecule has 2 heterocycles. The van der Waals surface area contributed by atoms with Crippen molar-refractivity contribution in [3.8, 4) is 0 Å². The van der Waals surface area contributed by atoms with E-state index in [9.17, 15) is 9.59 Å². The maximum Gasteiger partial charge on any atom is 0.257 e. The van der Waals surface area contributed by atoms with E-state index in [1.165, 1.54) is 51.4 Å². The van der Waals surface area contributed by atoms with Gasteiger partial charge < -0.3 is 4.90 Å². The maximum atomic E-state index is 13.0. The third-order valence-electron chi connectivity index (χ3n) is 7.60. The van der Waals surface area contributed by atoms with Crippen molar-refractivity contribution in [2.75, 3.05) is 13.6 Å². The number of amides is 2. The van der Waals surface area contributed by atoms with Crippen molar-refractivity contribution in [2.24, 2.45) is 5.92 Å². The molecule has 1 fully saturated rings. The summed E-state index contributed by atoms with van der Waals surface area (Å²) in [4.78, 5) is 29.5. The zero-order chi connectivity index (χ0) is 21.4. The molecule has 0 saturated carbocycles. The summed E-state index contributed by atoms with van der Waals surface area (Å²) in [6.07, 6.45) is 16.1. The Hall–Kier alpha value is -1.16. The van der Waals surface area contributed by atoms with Crippen LogP contribution < -0.4 is 0 Å². The molecule has 0 aromatic rings. The molecule has 1 saturated heterocycles. The lowest BCUT2D eigenvalue weighted by Gasteiger charge is -2.50. The molecule has 2 amide bonds. The molecule has 0 spiro atoms. The second-order valence-electron chi connectivity index (χ2n) is 9.83. The minimum Gasteiger partial charge on any atom is -0.301 e. The van der Waals surface area contributed by atoms with Crippen LogP contribution in [0.3, 0.4) is 0 Å². The normalized spacial score (nSPS) is 25.0. The third-order valence-corrected chi connectivity index (χ3v) is 7.60. The molecule has 2 aliphatic rings. The molecule has 0 aliphatic carbocycles. The number of rotatable bonds is 12. The molecule has 2 rings (SSSR count). The van der Waals surface area contributed by atoms with Gasteiger partial charge in [0.15, 0.2) is 0 Å². The Morgan fingerprint density at radius 2 is 1.52 bits per heavy atom. The van der Waals surface area contributed by atoms with E-state index in [4.69, 9.17) is 0 Å². The van der Waals surface area contributed by atoms with Gasteiger partial charge in [0, 0.05) is 29.8 Å². The van der Waals surface area contributed by atoms with E-state index in [0.29, 0.717) is 0 Å². The standard InChI is InChI=1S/C25H44N2O2/c1-6-7-8-9-10-11-12-13-14-15-16-21-19-23(28)27(24(21)29)22-17-18-26(5)25(3,4)20(22)2/h19-20,22H,6-18H2,1-5H3. The van der Waals surface area contributed by atoms with Crippen molar-refractivity contribution in [3.05, 3.63) is 11.6 Å². The highest BCUT2D eigenvalue weighted by Crippen LogP contribution is 2.37. The van der Waals surface area contributed by atoms with Gasteiger partial charge in [0.1, 0.15) is 0 Å². The largest absolute Gasteiger partial charge is 0.301 e. The fraction of sp³-hybridized carbons (Fsp3) is 0.840. The van der Waals surface area contributed by atoms with E-state index in [0.717, 1.165) is 37.8 Å². The Morgan fingerprint density at radius 3 is 2.10 bits per heavy atom. The molecule has 0 aromatic heterocycles. The van der Waals surface area contributed by atoms with E-state index in [-0.39, 0.29) is 29.3 Å². The van der Waals surface area contributed by atoms with Crippen molar-refractivity contribution in [1.29, 1.82) is 0 Å². The molecule has 0 radical (unpaired) electrons. The first-order valence-electron chi connectivity index (χ1n) is 12.1. The van der Waals surface area contributed by atoms with Gasteiger partial charge in [-0.05, 0) is 46.1 Å². The van der Waals surface area contributed by atoms with E-state index in [1.807, 2.05) is 0 Å². The summed E-state index contributed by atoms with van der Waals surface area (Å²) >= 11 is 0. The van der Waals surface area contributed by atoms with E-state index in [1.54, 1.807) is 11.0 Å². The average Bonchev–Trinajstić information content (AvgIpc) is 2.96. The SMILES string of the molecule is CCCCCCCCCCCCC1=CC(=O)N(C2CCN(C)C(C)(C)C2C)C1=O. The molecule has 2 unspecified atom stereocenters. The van der Waals surface area contributed by atoms with Gasteiger partial charge in [-0.1, -0.05) is 71.6 Å². The first kappa shape index (κ1) is 24.1. The van der Waals surface area contributed by atoms with Crippen LogP contribution in [-0.2, 0) is 9.59 Å². The fourth-order valence-corrected chi connectivity index (χ4v) is 4.87. The second kappa shape index (κ2) is 11.3. The molecule has 29 heavy (non-hydrogen) atoms. The Balaban J connectivity index is 1.71. The minimum atomic E-state index is -0.0886. The molecule has 0 bridgehead atoms. The van der Waals surface area contributed by atoms with Crippen molar-refractivity contribution < 1.29 is 9.59 Å². The van der Waals surface area contributed by atoms with Crippen molar-refractivity contribution in [1.82, 2.24) is 9.80 Å². The summed E-state index contributed by atoms with van der Waals surface area (Å²) in [5.74, 6) is 0.150. The molecule has 4 nitrogen and oxygen atoms in total. The van der Waals surface area contributed by atoms with Gasteiger partial charge in [-0.2, -0.15) is 0 Å². The topological polar surface area (TPSA) is 40.6 Å². The molecule has 2 atom stereocenters. The third kappa shape index (κ3) is 6.16. The highest BCUT2D eigenvalue weighted by atomic mass is 16.2. The first-order valence-corrected chi connectivity index (χ1v) is 12.1. The van der Waals surface area contributed by atoms with Crippen LogP contribution >= 0.6 is 0 Å². The van der Waals surface area contributed by atoms with Crippen molar-refractivity contribution in [2.45, 2.75) is 116 Å². The quantitative estimate of drug-likeness (QED) is 0.309. The van der Waals surface area contributed by atoms with Crippen LogP contribution in [0.25, 0.3) is 0 Å². The van der Waals surface area contributed by atoms with Gasteiger partial charge >= 0.3 is 0 Å². The number of unbranched alkanes of at least 4 members (excludes halogenated alkanes) is 9. The minimum absolute atomic E-state index is 0.0111. The van der Waals surface area contributed by atoms with Crippen LogP contribution in [0.2, 0.25) is 0 Å². The molecule has 166 valence electrons. The lowest BCUT2D eigenvalue weighted by molar-refractivity contribution is -0.144. The summed E-state index contributed by atoms with van der Waals surface area (Å²) in [5, 5.41) is 0. The van der Waals surface area contributed by atoms with E-state index in [2.05, 4.69) is 39.6 Å². The lowest BCUT2D eigenvalue weighted by Crippen LogP contribution is -2.60. The Kier molecular flexibility index (Phi) is 9.39. The van der Waals surface area contributed by atoms with Crippen LogP contribution in [-0.4, -0.2) is 46.8 Å². The van der Waals surface area contributed by atoms with Crippen LogP contribution in [0.15, 0.2) is 11.6 Å². The molecule has 2 aliphatic heterocycles. The Bertz CT molecular complexity index is 581. The summed E-state index contributed by atoms with van der Waals surface area (Å²) in [7, 11) is 2.13. The van der Waals surface area contributed by atoms with Crippen molar-refractivity contribution >= 4 is 11.8 Å². The molecule has 0 aromatic carbocycles. The number of likely N-dealkylation sites (tertiary alicyclic amines) is 1. The smallest absolute Gasteiger partial charge is 0.257 e. The van der Waals surface area contributed by atoms with Crippen LogP contribution in [0.1, 0.15) is 105 Å². The molecule has 4 heteroatoms. The predicted octanol–water partition coefficient (Wildman–Crippen LogP) is 5.71. The second-order valence-corrected chi connectivity index (χ2v) is 9.83. The number of carbonyl (C=O) groups excluding carboxylic acids is 2. The summed E-state index contributed by atoms with van der Waals surface area (Å²) < 4.78 is 0. The van der Waals surface area contributed by atoms with Crippen LogP contribution in [0, 0.1) is 5.92 Å². The summed E-state index contributed by atoms with van der Waals surface area (Å²) in [5.41, 5.74) is 0.724. The predicted molar refractivity (Wildman–Crippen MR) is 121 cm³/mol. The zero-order valence-corrected chi connectivity index (χ0v) is 19.6.